The van der Waals surface area contributed by atoms with Gasteiger partial charge in [-0.05, 0) is 56.5 Å². The molecular weight excluding hydrogens is 241 g/mol. The normalized spacial score (nSPS) is 24.6. The SMILES string of the molecule is CCNC(Cc1cc(F)ccc1C)C1CCOC1C. The van der Waals surface area contributed by atoms with Crippen LogP contribution in [0, 0.1) is 18.7 Å². The van der Waals surface area contributed by atoms with E-state index in [1.165, 1.54) is 6.07 Å². The number of ether oxygens (including phenoxy) is 1. The van der Waals surface area contributed by atoms with Crippen LogP contribution in [-0.2, 0) is 11.2 Å². The Morgan fingerprint density at radius 3 is 2.89 bits per heavy atom. The van der Waals surface area contributed by atoms with Gasteiger partial charge in [-0.15, -0.1) is 0 Å². The van der Waals surface area contributed by atoms with E-state index in [-0.39, 0.29) is 11.9 Å². The smallest absolute Gasteiger partial charge is 0.123 e. The number of benzene rings is 1. The summed E-state index contributed by atoms with van der Waals surface area (Å²) in [5, 5.41) is 3.55. The molecule has 1 saturated heterocycles. The van der Waals surface area contributed by atoms with Crippen molar-refractivity contribution in [2.24, 2.45) is 5.92 Å². The van der Waals surface area contributed by atoms with E-state index in [0.717, 1.165) is 37.1 Å². The largest absolute Gasteiger partial charge is 0.378 e. The summed E-state index contributed by atoms with van der Waals surface area (Å²) in [7, 11) is 0. The van der Waals surface area contributed by atoms with Crippen molar-refractivity contribution in [1.82, 2.24) is 5.32 Å². The third-order valence-corrected chi connectivity index (χ3v) is 4.17. The average Bonchev–Trinajstić information content (AvgIpc) is 2.79. The van der Waals surface area contributed by atoms with Gasteiger partial charge in [0.25, 0.3) is 0 Å². The molecule has 0 radical (unpaired) electrons. The van der Waals surface area contributed by atoms with Gasteiger partial charge in [0, 0.05) is 18.6 Å². The number of rotatable bonds is 5. The van der Waals surface area contributed by atoms with Crippen molar-refractivity contribution >= 4 is 0 Å². The Balaban J connectivity index is 2.13. The summed E-state index contributed by atoms with van der Waals surface area (Å²) in [5.74, 6) is 0.370. The fourth-order valence-electron chi connectivity index (χ4n) is 3.01. The van der Waals surface area contributed by atoms with Crippen LogP contribution in [0.1, 0.15) is 31.4 Å². The minimum absolute atomic E-state index is 0.147. The van der Waals surface area contributed by atoms with E-state index in [9.17, 15) is 4.39 Å². The zero-order valence-corrected chi connectivity index (χ0v) is 12.1. The lowest BCUT2D eigenvalue weighted by Crippen LogP contribution is -2.41. The Kier molecular flexibility index (Phi) is 4.94. The van der Waals surface area contributed by atoms with Crippen LogP contribution in [0.3, 0.4) is 0 Å². The molecular formula is C16H24FNO. The molecule has 0 aromatic heterocycles. The monoisotopic (exact) mass is 265 g/mol. The van der Waals surface area contributed by atoms with E-state index in [4.69, 9.17) is 4.74 Å². The van der Waals surface area contributed by atoms with Crippen molar-refractivity contribution in [3.63, 3.8) is 0 Å². The van der Waals surface area contributed by atoms with Gasteiger partial charge in [-0.2, -0.15) is 0 Å². The molecule has 1 aromatic carbocycles. The molecule has 3 unspecified atom stereocenters. The summed E-state index contributed by atoms with van der Waals surface area (Å²) in [4.78, 5) is 0. The third-order valence-electron chi connectivity index (χ3n) is 4.17. The molecule has 1 aliphatic heterocycles. The van der Waals surface area contributed by atoms with Gasteiger partial charge in [0.15, 0.2) is 0 Å². The summed E-state index contributed by atoms with van der Waals surface area (Å²) < 4.78 is 19.1. The molecule has 0 spiro atoms. The second kappa shape index (κ2) is 6.49. The number of likely N-dealkylation sites (N-methyl/N-ethyl adjacent to an activating group) is 1. The summed E-state index contributed by atoms with van der Waals surface area (Å²) in [6.07, 6.45) is 2.25. The van der Waals surface area contributed by atoms with E-state index >= 15 is 0 Å². The maximum Gasteiger partial charge on any atom is 0.123 e. The second-order valence-corrected chi connectivity index (χ2v) is 5.47. The number of halogens is 1. The van der Waals surface area contributed by atoms with Crippen LogP contribution >= 0.6 is 0 Å². The van der Waals surface area contributed by atoms with E-state index in [1.54, 1.807) is 6.07 Å². The highest BCUT2D eigenvalue weighted by Crippen LogP contribution is 2.26. The van der Waals surface area contributed by atoms with Crippen LogP contribution in [0.25, 0.3) is 0 Å². The van der Waals surface area contributed by atoms with Crippen molar-refractivity contribution in [3.8, 4) is 0 Å². The second-order valence-electron chi connectivity index (χ2n) is 5.47. The lowest BCUT2D eigenvalue weighted by atomic mass is 9.87. The Morgan fingerprint density at radius 1 is 1.47 bits per heavy atom. The molecule has 0 amide bonds. The van der Waals surface area contributed by atoms with Crippen molar-refractivity contribution < 1.29 is 9.13 Å². The quantitative estimate of drug-likeness (QED) is 0.883. The molecule has 2 rings (SSSR count). The van der Waals surface area contributed by atoms with Gasteiger partial charge in [0.1, 0.15) is 5.82 Å². The number of aryl methyl sites for hydroxylation is 1. The third kappa shape index (κ3) is 3.54. The minimum Gasteiger partial charge on any atom is -0.378 e. The Bertz CT molecular complexity index is 421. The highest BCUT2D eigenvalue weighted by Gasteiger charge is 2.31. The Morgan fingerprint density at radius 2 is 2.26 bits per heavy atom. The van der Waals surface area contributed by atoms with Crippen LogP contribution in [0.15, 0.2) is 18.2 Å². The van der Waals surface area contributed by atoms with Crippen LogP contribution in [-0.4, -0.2) is 25.3 Å². The molecule has 0 bridgehead atoms. The number of hydrogen-bond donors (Lipinski definition) is 1. The number of hydrogen-bond acceptors (Lipinski definition) is 2. The fraction of sp³-hybridized carbons (Fsp3) is 0.625. The lowest BCUT2D eigenvalue weighted by Gasteiger charge is -2.27. The van der Waals surface area contributed by atoms with Gasteiger partial charge in [0.05, 0.1) is 6.10 Å². The minimum atomic E-state index is -0.147. The molecule has 1 N–H and O–H groups in total. The first-order valence-corrected chi connectivity index (χ1v) is 7.21. The first-order valence-electron chi connectivity index (χ1n) is 7.21. The molecule has 0 aliphatic carbocycles. The van der Waals surface area contributed by atoms with Crippen LogP contribution < -0.4 is 5.32 Å². The van der Waals surface area contributed by atoms with Crippen molar-refractivity contribution in [3.05, 3.63) is 35.1 Å². The molecule has 1 heterocycles. The molecule has 3 heteroatoms. The zero-order chi connectivity index (χ0) is 13.8. The summed E-state index contributed by atoms with van der Waals surface area (Å²) in [6, 6.07) is 5.42. The summed E-state index contributed by atoms with van der Waals surface area (Å²) in [5.41, 5.74) is 2.26. The van der Waals surface area contributed by atoms with Gasteiger partial charge in [-0.1, -0.05) is 13.0 Å². The zero-order valence-electron chi connectivity index (χ0n) is 12.1. The highest BCUT2D eigenvalue weighted by atomic mass is 19.1. The van der Waals surface area contributed by atoms with Crippen molar-refractivity contribution in [1.29, 1.82) is 0 Å². The molecule has 19 heavy (non-hydrogen) atoms. The van der Waals surface area contributed by atoms with Crippen molar-refractivity contribution in [2.75, 3.05) is 13.2 Å². The maximum absolute atomic E-state index is 13.4. The van der Waals surface area contributed by atoms with E-state index in [2.05, 4.69) is 19.2 Å². The highest BCUT2D eigenvalue weighted by molar-refractivity contribution is 5.27. The van der Waals surface area contributed by atoms with Gasteiger partial charge in [0.2, 0.25) is 0 Å². The van der Waals surface area contributed by atoms with Gasteiger partial charge in [-0.3, -0.25) is 0 Å². The molecule has 2 nitrogen and oxygen atoms in total. The Hall–Kier alpha value is -0.930. The van der Waals surface area contributed by atoms with Crippen LogP contribution in [0.4, 0.5) is 4.39 Å². The summed E-state index contributed by atoms with van der Waals surface area (Å²) in [6.45, 7) is 8.08. The van der Waals surface area contributed by atoms with Crippen LogP contribution in [0.5, 0.6) is 0 Å². The standard InChI is InChI=1S/C16H24FNO/c1-4-18-16(15-7-8-19-12(15)3)10-13-9-14(17)6-5-11(13)2/h5-6,9,12,15-16,18H,4,7-8,10H2,1-3H3. The molecule has 0 saturated carbocycles. The van der Waals surface area contributed by atoms with E-state index < -0.39 is 0 Å². The summed E-state index contributed by atoms with van der Waals surface area (Å²) >= 11 is 0. The first kappa shape index (κ1) is 14.5. The van der Waals surface area contributed by atoms with E-state index in [0.29, 0.717) is 12.0 Å². The average molecular weight is 265 g/mol. The molecule has 106 valence electrons. The molecule has 1 aliphatic rings. The first-order chi connectivity index (χ1) is 9.11. The number of nitrogens with one attached hydrogen (secondary N) is 1. The molecule has 3 atom stereocenters. The molecule has 1 aromatic rings. The topological polar surface area (TPSA) is 21.3 Å². The van der Waals surface area contributed by atoms with Gasteiger partial charge < -0.3 is 10.1 Å². The lowest BCUT2D eigenvalue weighted by molar-refractivity contribution is 0.0955. The van der Waals surface area contributed by atoms with Gasteiger partial charge >= 0.3 is 0 Å². The molecule has 1 fully saturated rings. The van der Waals surface area contributed by atoms with Crippen molar-refractivity contribution in [2.45, 2.75) is 45.8 Å². The maximum atomic E-state index is 13.4. The predicted octanol–water partition coefficient (Wildman–Crippen LogP) is 3.08. The Labute approximate surface area is 115 Å². The predicted molar refractivity (Wildman–Crippen MR) is 75.8 cm³/mol. The van der Waals surface area contributed by atoms with Crippen LogP contribution in [0.2, 0.25) is 0 Å². The van der Waals surface area contributed by atoms with E-state index in [1.807, 2.05) is 13.0 Å². The van der Waals surface area contributed by atoms with Gasteiger partial charge in [-0.25, -0.2) is 4.39 Å². The fourth-order valence-corrected chi connectivity index (χ4v) is 3.01.